The summed E-state index contributed by atoms with van der Waals surface area (Å²) in [5.41, 5.74) is 1.40. The molecule has 2 rings (SSSR count). The van der Waals surface area contributed by atoms with E-state index in [1.807, 2.05) is 30.3 Å². The lowest BCUT2D eigenvalue weighted by Crippen LogP contribution is -2.40. The molecular weight excluding hydrogens is 312 g/mol. The molecule has 5 nitrogen and oxygen atoms in total. The quantitative estimate of drug-likeness (QED) is 0.615. The molecule has 2 aromatic carbocycles. The molecule has 0 fully saturated rings. The number of rotatable bonds is 6. The standard InChI is InChI=1S/C17H18N2O3S/c20-16(21)14-8-4-5-9-15(14)19-17(22)18-13(11-23)10-12-6-2-1-3-7-12/h1-9,13,23H,10-11H2,(H,20,21)(H2,18,19,22). The highest BCUT2D eigenvalue weighted by molar-refractivity contribution is 7.80. The minimum atomic E-state index is -1.09. The Hall–Kier alpha value is -2.47. The van der Waals surface area contributed by atoms with E-state index in [1.165, 1.54) is 6.07 Å². The fraction of sp³-hybridized carbons (Fsp3) is 0.176. The van der Waals surface area contributed by atoms with Crippen molar-refractivity contribution in [2.24, 2.45) is 0 Å². The summed E-state index contributed by atoms with van der Waals surface area (Å²) in [7, 11) is 0. The Labute approximate surface area is 140 Å². The molecule has 23 heavy (non-hydrogen) atoms. The van der Waals surface area contributed by atoms with E-state index < -0.39 is 12.0 Å². The van der Waals surface area contributed by atoms with Gasteiger partial charge in [-0.25, -0.2) is 9.59 Å². The lowest BCUT2D eigenvalue weighted by Gasteiger charge is -2.17. The Morgan fingerprint density at radius 2 is 1.70 bits per heavy atom. The van der Waals surface area contributed by atoms with Crippen LogP contribution in [0.25, 0.3) is 0 Å². The van der Waals surface area contributed by atoms with Crippen LogP contribution < -0.4 is 10.6 Å². The highest BCUT2D eigenvalue weighted by Gasteiger charge is 2.14. The Morgan fingerprint density at radius 3 is 2.35 bits per heavy atom. The van der Waals surface area contributed by atoms with Gasteiger partial charge in [-0.3, -0.25) is 0 Å². The number of hydrogen-bond donors (Lipinski definition) is 4. The smallest absolute Gasteiger partial charge is 0.337 e. The maximum Gasteiger partial charge on any atom is 0.337 e. The third-order valence-corrected chi connectivity index (χ3v) is 3.73. The lowest BCUT2D eigenvalue weighted by molar-refractivity contribution is 0.0698. The molecule has 0 aromatic heterocycles. The highest BCUT2D eigenvalue weighted by Crippen LogP contribution is 2.14. The van der Waals surface area contributed by atoms with E-state index in [1.54, 1.807) is 18.2 Å². The van der Waals surface area contributed by atoms with E-state index in [9.17, 15) is 9.59 Å². The molecule has 0 bridgehead atoms. The number of amides is 2. The average Bonchev–Trinajstić information content (AvgIpc) is 2.55. The number of benzene rings is 2. The summed E-state index contributed by atoms with van der Waals surface area (Å²) in [4.78, 5) is 23.2. The topological polar surface area (TPSA) is 78.4 Å². The van der Waals surface area contributed by atoms with Crippen LogP contribution in [0.2, 0.25) is 0 Å². The van der Waals surface area contributed by atoms with Crippen molar-refractivity contribution in [3.63, 3.8) is 0 Å². The van der Waals surface area contributed by atoms with Crippen molar-refractivity contribution in [2.45, 2.75) is 12.5 Å². The second kappa shape index (κ2) is 8.24. The van der Waals surface area contributed by atoms with Crippen molar-refractivity contribution >= 4 is 30.3 Å². The molecule has 1 unspecified atom stereocenters. The first-order valence-electron chi connectivity index (χ1n) is 7.14. The van der Waals surface area contributed by atoms with Crippen molar-refractivity contribution in [2.75, 3.05) is 11.1 Å². The molecule has 0 spiro atoms. The second-order valence-electron chi connectivity index (χ2n) is 5.02. The molecule has 6 heteroatoms. The number of nitrogens with one attached hydrogen (secondary N) is 2. The molecule has 0 saturated heterocycles. The van der Waals surface area contributed by atoms with Crippen molar-refractivity contribution in [3.8, 4) is 0 Å². The summed E-state index contributed by atoms with van der Waals surface area (Å²) in [6.45, 7) is 0. The number of para-hydroxylation sites is 1. The van der Waals surface area contributed by atoms with Gasteiger partial charge < -0.3 is 15.7 Å². The predicted molar refractivity (Wildman–Crippen MR) is 93.3 cm³/mol. The van der Waals surface area contributed by atoms with Crippen LogP contribution in [-0.2, 0) is 6.42 Å². The predicted octanol–water partition coefficient (Wildman–Crippen LogP) is 3.05. The second-order valence-corrected chi connectivity index (χ2v) is 5.38. The maximum atomic E-state index is 12.1. The van der Waals surface area contributed by atoms with E-state index in [0.29, 0.717) is 12.2 Å². The average molecular weight is 330 g/mol. The summed E-state index contributed by atoms with van der Waals surface area (Å²) in [6.07, 6.45) is 0.651. The Bertz CT molecular complexity index is 677. The zero-order chi connectivity index (χ0) is 16.7. The molecule has 0 heterocycles. The first kappa shape index (κ1) is 16.9. The zero-order valence-electron chi connectivity index (χ0n) is 12.4. The van der Waals surface area contributed by atoms with E-state index in [4.69, 9.17) is 5.11 Å². The van der Waals surface area contributed by atoms with E-state index >= 15 is 0 Å². The number of carbonyl (C=O) groups is 2. The highest BCUT2D eigenvalue weighted by atomic mass is 32.1. The monoisotopic (exact) mass is 330 g/mol. The van der Waals surface area contributed by atoms with Gasteiger partial charge in [0.15, 0.2) is 0 Å². The SMILES string of the molecule is O=C(Nc1ccccc1C(=O)O)NC(CS)Cc1ccccc1. The summed E-state index contributed by atoms with van der Waals surface area (Å²) in [5, 5.41) is 14.5. The lowest BCUT2D eigenvalue weighted by atomic mass is 10.1. The van der Waals surface area contributed by atoms with Gasteiger partial charge in [-0.15, -0.1) is 0 Å². The van der Waals surface area contributed by atoms with Gasteiger partial charge in [0.2, 0.25) is 0 Å². The van der Waals surface area contributed by atoms with Crippen LogP contribution in [-0.4, -0.2) is 28.9 Å². The molecular formula is C17H18N2O3S. The summed E-state index contributed by atoms with van der Waals surface area (Å²) >= 11 is 4.26. The zero-order valence-corrected chi connectivity index (χ0v) is 13.3. The number of thiol groups is 1. The van der Waals surface area contributed by atoms with Gasteiger partial charge in [0.05, 0.1) is 11.3 Å². The first-order valence-corrected chi connectivity index (χ1v) is 7.78. The number of carboxylic acids is 1. The number of aromatic carboxylic acids is 1. The van der Waals surface area contributed by atoms with Gasteiger partial charge >= 0.3 is 12.0 Å². The third-order valence-electron chi connectivity index (χ3n) is 3.29. The van der Waals surface area contributed by atoms with E-state index in [-0.39, 0.29) is 17.3 Å². The van der Waals surface area contributed by atoms with E-state index in [0.717, 1.165) is 5.56 Å². The molecule has 0 radical (unpaired) electrons. The first-order chi connectivity index (χ1) is 11.1. The van der Waals surface area contributed by atoms with Crippen molar-refractivity contribution in [1.82, 2.24) is 5.32 Å². The van der Waals surface area contributed by atoms with Crippen LogP contribution in [0, 0.1) is 0 Å². The van der Waals surface area contributed by atoms with Gasteiger partial charge in [-0.2, -0.15) is 12.6 Å². The molecule has 0 saturated carbocycles. The van der Waals surface area contributed by atoms with Crippen LogP contribution in [0.1, 0.15) is 15.9 Å². The maximum absolute atomic E-state index is 12.1. The number of carboxylic acid groups (broad SMARTS) is 1. The van der Waals surface area contributed by atoms with Crippen LogP contribution >= 0.6 is 12.6 Å². The fourth-order valence-electron chi connectivity index (χ4n) is 2.18. The van der Waals surface area contributed by atoms with Crippen LogP contribution in [0.4, 0.5) is 10.5 Å². The molecule has 120 valence electrons. The van der Waals surface area contributed by atoms with Gasteiger partial charge in [0.1, 0.15) is 0 Å². The number of anilines is 1. The van der Waals surface area contributed by atoms with Crippen molar-refractivity contribution < 1.29 is 14.7 Å². The molecule has 1 atom stereocenters. The largest absolute Gasteiger partial charge is 0.478 e. The number of carbonyl (C=O) groups excluding carboxylic acids is 1. The summed E-state index contributed by atoms with van der Waals surface area (Å²) in [5.74, 6) is -0.612. The summed E-state index contributed by atoms with van der Waals surface area (Å²) < 4.78 is 0. The minimum absolute atomic E-state index is 0.0492. The van der Waals surface area contributed by atoms with Gasteiger partial charge in [-0.1, -0.05) is 42.5 Å². The van der Waals surface area contributed by atoms with Crippen LogP contribution in [0.15, 0.2) is 54.6 Å². The van der Waals surface area contributed by atoms with E-state index in [2.05, 4.69) is 23.3 Å². The Balaban J connectivity index is 1.99. The van der Waals surface area contributed by atoms with Crippen LogP contribution in [0.5, 0.6) is 0 Å². The molecule has 2 amide bonds. The normalized spacial score (nSPS) is 11.5. The van der Waals surface area contributed by atoms with Crippen molar-refractivity contribution in [1.29, 1.82) is 0 Å². The Morgan fingerprint density at radius 1 is 1.04 bits per heavy atom. The number of hydrogen-bond acceptors (Lipinski definition) is 3. The third kappa shape index (κ3) is 5.03. The molecule has 3 N–H and O–H groups in total. The van der Waals surface area contributed by atoms with Crippen LogP contribution in [0.3, 0.4) is 0 Å². The molecule has 0 aliphatic heterocycles. The van der Waals surface area contributed by atoms with Gasteiger partial charge in [0.25, 0.3) is 0 Å². The molecule has 2 aromatic rings. The number of urea groups is 1. The molecule has 0 aliphatic rings. The minimum Gasteiger partial charge on any atom is -0.478 e. The van der Waals surface area contributed by atoms with Gasteiger partial charge in [0, 0.05) is 11.8 Å². The Kier molecular flexibility index (Phi) is 6.05. The molecule has 0 aliphatic carbocycles. The van der Waals surface area contributed by atoms with Crippen molar-refractivity contribution in [3.05, 3.63) is 65.7 Å². The fourth-order valence-corrected chi connectivity index (χ4v) is 2.40. The summed E-state index contributed by atoms with van der Waals surface area (Å²) in [6, 6.07) is 15.4. The van der Waals surface area contributed by atoms with Gasteiger partial charge in [-0.05, 0) is 24.1 Å².